The summed E-state index contributed by atoms with van der Waals surface area (Å²) in [6.45, 7) is -0.590. The second-order valence-corrected chi connectivity index (χ2v) is 6.70. The Morgan fingerprint density at radius 3 is 2.36 bits per heavy atom. The third-order valence-electron chi connectivity index (χ3n) is 3.83. The maximum Gasteiger partial charge on any atom is 0.288 e. The number of benzene rings is 2. The normalized spacial score (nSPS) is 13.0. The smallest absolute Gasteiger partial charge is 0.288 e. The molecule has 0 radical (unpaired) electrons. The lowest BCUT2D eigenvalue weighted by Gasteiger charge is -2.13. The predicted octanol–water partition coefficient (Wildman–Crippen LogP) is 3.14. The zero-order chi connectivity index (χ0) is 20.4. The molecule has 0 bridgehead atoms. The summed E-state index contributed by atoms with van der Waals surface area (Å²) in [6.07, 6.45) is 0. The van der Waals surface area contributed by atoms with Gasteiger partial charge in [-0.15, -0.1) is 0 Å². The molecule has 3 rings (SSSR count). The molecule has 1 aliphatic heterocycles. The van der Waals surface area contributed by atoms with Crippen LogP contribution in [0.3, 0.4) is 0 Å². The molecule has 144 valence electrons. The van der Waals surface area contributed by atoms with Crippen molar-refractivity contribution < 1.29 is 28.1 Å². The highest BCUT2D eigenvalue weighted by molar-refractivity contribution is 7.99. The van der Waals surface area contributed by atoms with E-state index in [-0.39, 0.29) is 16.8 Å². The monoisotopic (exact) mass is 407 g/mol. The Kier molecular flexibility index (Phi) is 5.36. The SMILES string of the molecule is O=C(CN1C(=O)c2ccc([N+](=O)[O-])cc2C1=O)Nc1ccc(SC(F)F)cc1. The van der Waals surface area contributed by atoms with Gasteiger partial charge in [-0.25, -0.2) is 0 Å². The zero-order valence-electron chi connectivity index (χ0n) is 13.9. The molecule has 2 aromatic carbocycles. The molecule has 0 fully saturated rings. The minimum atomic E-state index is -2.56. The summed E-state index contributed by atoms with van der Waals surface area (Å²) < 4.78 is 24.6. The van der Waals surface area contributed by atoms with Crippen LogP contribution in [0.5, 0.6) is 0 Å². The van der Waals surface area contributed by atoms with E-state index < -0.39 is 34.9 Å². The number of rotatable bonds is 6. The topological polar surface area (TPSA) is 110 Å². The number of nitrogens with zero attached hydrogens (tertiary/aromatic N) is 2. The van der Waals surface area contributed by atoms with Crippen molar-refractivity contribution >= 4 is 40.9 Å². The number of fused-ring (bicyclic) bond motifs is 1. The maximum atomic E-state index is 12.3. The molecule has 0 atom stereocenters. The molecule has 2 aromatic rings. The van der Waals surface area contributed by atoms with Crippen LogP contribution >= 0.6 is 11.8 Å². The van der Waals surface area contributed by atoms with Crippen molar-refractivity contribution in [1.29, 1.82) is 0 Å². The Morgan fingerprint density at radius 1 is 1.11 bits per heavy atom. The van der Waals surface area contributed by atoms with Crippen LogP contribution < -0.4 is 5.32 Å². The summed E-state index contributed by atoms with van der Waals surface area (Å²) in [5.41, 5.74) is -0.194. The molecular formula is C17H11F2N3O5S. The predicted molar refractivity (Wildman–Crippen MR) is 95.4 cm³/mol. The van der Waals surface area contributed by atoms with Crippen molar-refractivity contribution in [3.8, 4) is 0 Å². The Morgan fingerprint density at radius 2 is 1.75 bits per heavy atom. The number of amides is 3. The molecule has 11 heteroatoms. The lowest BCUT2D eigenvalue weighted by Crippen LogP contribution is -2.37. The molecule has 0 aliphatic carbocycles. The molecule has 1 aliphatic rings. The van der Waals surface area contributed by atoms with Crippen LogP contribution in [0.2, 0.25) is 0 Å². The van der Waals surface area contributed by atoms with E-state index in [0.29, 0.717) is 27.2 Å². The van der Waals surface area contributed by atoms with Crippen molar-refractivity contribution in [3.63, 3.8) is 0 Å². The van der Waals surface area contributed by atoms with E-state index in [0.717, 1.165) is 12.1 Å². The number of nitrogens with one attached hydrogen (secondary N) is 1. The lowest BCUT2D eigenvalue weighted by atomic mass is 10.1. The first-order valence-corrected chi connectivity index (χ1v) is 8.63. The Hall–Kier alpha value is -3.34. The van der Waals surface area contributed by atoms with Gasteiger partial charge in [0.25, 0.3) is 23.3 Å². The first-order chi connectivity index (χ1) is 13.3. The van der Waals surface area contributed by atoms with Crippen LogP contribution in [0.15, 0.2) is 47.4 Å². The van der Waals surface area contributed by atoms with Crippen molar-refractivity contribution in [2.45, 2.75) is 10.7 Å². The van der Waals surface area contributed by atoms with E-state index in [1.54, 1.807) is 0 Å². The number of thioether (sulfide) groups is 1. The Bertz CT molecular complexity index is 981. The summed E-state index contributed by atoms with van der Waals surface area (Å²) >= 11 is 0.357. The summed E-state index contributed by atoms with van der Waals surface area (Å²) in [5, 5.41) is 13.3. The Balaban J connectivity index is 1.68. The van der Waals surface area contributed by atoms with Crippen LogP contribution in [0.25, 0.3) is 0 Å². The molecule has 8 nitrogen and oxygen atoms in total. The number of non-ortho nitro benzene ring substituents is 1. The van der Waals surface area contributed by atoms with Gasteiger partial charge in [0.2, 0.25) is 5.91 Å². The first kappa shape index (κ1) is 19.4. The van der Waals surface area contributed by atoms with Crippen molar-refractivity contribution in [1.82, 2.24) is 4.90 Å². The number of carbonyl (C=O) groups excluding carboxylic acids is 3. The van der Waals surface area contributed by atoms with Crippen molar-refractivity contribution in [2.24, 2.45) is 0 Å². The van der Waals surface area contributed by atoms with Gasteiger partial charge in [-0.2, -0.15) is 8.78 Å². The zero-order valence-corrected chi connectivity index (χ0v) is 14.7. The van der Waals surface area contributed by atoms with Gasteiger partial charge < -0.3 is 5.32 Å². The van der Waals surface area contributed by atoms with Gasteiger partial charge in [0.05, 0.1) is 16.1 Å². The summed E-state index contributed by atoms with van der Waals surface area (Å²) in [5.74, 6) is -4.78. The number of hydrogen-bond acceptors (Lipinski definition) is 6. The minimum Gasteiger partial charge on any atom is -0.325 e. The number of halogens is 2. The highest BCUT2D eigenvalue weighted by Gasteiger charge is 2.37. The number of nitro benzene ring substituents is 1. The molecule has 0 saturated heterocycles. The molecule has 3 amide bonds. The second-order valence-electron chi connectivity index (χ2n) is 5.63. The molecule has 28 heavy (non-hydrogen) atoms. The summed E-state index contributed by atoms with van der Waals surface area (Å²) in [6, 6.07) is 8.88. The number of anilines is 1. The number of hydrogen-bond donors (Lipinski definition) is 1. The maximum absolute atomic E-state index is 12.3. The molecule has 1 N–H and O–H groups in total. The number of imide groups is 1. The second kappa shape index (κ2) is 7.72. The van der Waals surface area contributed by atoms with Crippen molar-refractivity contribution in [2.75, 3.05) is 11.9 Å². The largest absolute Gasteiger partial charge is 0.325 e. The van der Waals surface area contributed by atoms with Gasteiger partial charge in [-0.1, -0.05) is 11.8 Å². The van der Waals surface area contributed by atoms with E-state index in [2.05, 4.69) is 5.32 Å². The van der Waals surface area contributed by atoms with E-state index in [1.165, 1.54) is 30.3 Å². The molecule has 1 heterocycles. The summed E-state index contributed by atoms with van der Waals surface area (Å²) in [7, 11) is 0. The Labute approximate surface area is 160 Å². The van der Waals surface area contributed by atoms with Crippen LogP contribution in [0.4, 0.5) is 20.2 Å². The fourth-order valence-electron chi connectivity index (χ4n) is 2.60. The van der Waals surface area contributed by atoms with Crippen LogP contribution in [-0.4, -0.2) is 39.8 Å². The average molecular weight is 407 g/mol. The van der Waals surface area contributed by atoms with Crippen LogP contribution in [0, 0.1) is 10.1 Å². The molecule has 0 spiro atoms. The molecule has 0 saturated carbocycles. The number of nitro groups is 1. The van der Waals surface area contributed by atoms with E-state index >= 15 is 0 Å². The first-order valence-electron chi connectivity index (χ1n) is 7.75. The fourth-order valence-corrected chi connectivity index (χ4v) is 3.10. The van der Waals surface area contributed by atoms with Gasteiger partial charge in [0.15, 0.2) is 0 Å². The van der Waals surface area contributed by atoms with E-state index in [9.17, 15) is 33.3 Å². The van der Waals surface area contributed by atoms with E-state index in [1.807, 2.05) is 0 Å². The van der Waals surface area contributed by atoms with E-state index in [4.69, 9.17) is 0 Å². The quantitative estimate of drug-likeness (QED) is 0.341. The minimum absolute atomic E-state index is 0.0169. The molecular weight excluding hydrogens is 396 g/mol. The average Bonchev–Trinajstić information content (AvgIpc) is 2.87. The van der Waals surface area contributed by atoms with Gasteiger partial charge >= 0.3 is 0 Å². The van der Waals surface area contributed by atoms with Crippen molar-refractivity contribution in [3.05, 3.63) is 63.7 Å². The number of carbonyl (C=O) groups is 3. The molecule has 0 unspecified atom stereocenters. The van der Waals surface area contributed by atoms with Gasteiger partial charge in [-0.3, -0.25) is 29.4 Å². The van der Waals surface area contributed by atoms with Crippen LogP contribution in [0.1, 0.15) is 20.7 Å². The van der Waals surface area contributed by atoms with Gasteiger partial charge in [0.1, 0.15) is 6.54 Å². The van der Waals surface area contributed by atoms with Gasteiger partial charge in [-0.05, 0) is 30.3 Å². The van der Waals surface area contributed by atoms with Crippen LogP contribution in [-0.2, 0) is 4.79 Å². The lowest BCUT2D eigenvalue weighted by molar-refractivity contribution is -0.384. The summed E-state index contributed by atoms with van der Waals surface area (Å²) in [4.78, 5) is 47.9. The standard InChI is InChI=1S/C17H11F2N3O5S/c18-17(19)28-11-4-1-9(2-5-11)20-14(23)8-21-15(24)12-6-3-10(22(26)27)7-13(12)16(21)25/h1-7,17H,8H2,(H,20,23). The van der Waals surface area contributed by atoms with Gasteiger partial charge in [0, 0.05) is 22.7 Å². The highest BCUT2D eigenvalue weighted by Crippen LogP contribution is 2.28. The molecule has 0 aromatic heterocycles. The highest BCUT2D eigenvalue weighted by atomic mass is 32.2. The number of alkyl halides is 2. The fraction of sp³-hybridized carbons (Fsp3) is 0.118. The third kappa shape index (κ3) is 3.98. The third-order valence-corrected chi connectivity index (χ3v) is 4.55.